The number of pyridine rings is 2. The highest BCUT2D eigenvalue weighted by Crippen LogP contribution is 2.20. The number of carbonyl (C=O) groups excluding carboxylic acids is 1. The molecule has 2 aromatic rings. The summed E-state index contributed by atoms with van der Waals surface area (Å²) < 4.78 is 0. The fourth-order valence-corrected chi connectivity index (χ4v) is 3.89. The quantitative estimate of drug-likeness (QED) is 0.837. The van der Waals surface area contributed by atoms with Crippen molar-refractivity contribution in [3.63, 3.8) is 0 Å². The molecule has 6 heteroatoms. The van der Waals surface area contributed by atoms with Crippen molar-refractivity contribution in [1.82, 2.24) is 14.9 Å². The number of hydrogen-bond acceptors (Lipinski definition) is 5. The fourth-order valence-electron chi connectivity index (χ4n) is 3.89. The third-order valence-electron chi connectivity index (χ3n) is 5.46. The number of hydrogen-bond donors (Lipinski definition) is 0. The van der Waals surface area contributed by atoms with Crippen LogP contribution in [0.3, 0.4) is 0 Å². The van der Waals surface area contributed by atoms with Crippen molar-refractivity contribution >= 4 is 17.5 Å². The van der Waals surface area contributed by atoms with Gasteiger partial charge in [-0.15, -0.1) is 0 Å². The zero-order chi connectivity index (χ0) is 18.5. The van der Waals surface area contributed by atoms with Crippen molar-refractivity contribution < 1.29 is 4.79 Å². The van der Waals surface area contributed by atoms with Gasteiger partial charge in [0, 0.05) is 57.2 Å². The van der Waals surface area contributed by atoms with Gasteiger partial charge in [0.15, 0.2) is 0 Å². The van der Waals surface area contributed by atoms with Gasteiger partial charge >= 0.3 is 0 Å². The monoisotopic (exact) mass is 365 g/mol. The Balaban J connectivity index is 1.41. The SMILES string of the molecule is O=C(c1ccnc(N2CCN(c3ccccn3)CC2)c1)N1CCCCCC1. The highest BCUT2D eigenvalue weighted by molar-refractivity contribution is 5.94. The summed E-state index contributed by atoms with van der Waals surface area (Å²) in [6.07, 6.45) is 8.28. The van der Waals surface area contributed by atoms with E-state index < -0.39 is 0 Å². The number of carbonyl (C=O) groups is 1. The van der Waals surface area contributed by atoms with Crippen LogP contribution in [0.5, 0.6) is 0 Å². The number of nitrogens with zero attached hydrogens (tertiary/aromatic N) is 5. The van der Waals surface area contributed by atoms with E-state index in [1.807, 2.05) is 41.4 Å². The Bertz CT molecular complexity index is 750. The lowest BCUT2D eigenvalue weighted by Gasteiger charge is -2.36. The first-order valence-electron chi connectivity index (χ1n) is 9.97. The minimum atomic E-state index is 0.146. The second-order valence-corrected chi connectivity index (χ2v) is 7.27. The molecule has 6 nitrogen and oxygen atoms in total. The molecule has 0 radical (unpaired) electrons. The van der Waals surface area contributed by atoms with E-state index in [4.69, 9.17) is 0 Å². The topological polar surface area (TPSA) is 52.6 Å². The van der Waals surface area contributed by atoms with Crippen LogP contribution in [0.15, 0.2) is 42.7 Å². The summed E-state index contributed by atoms with van der Waals surface area (Å²) in [5.74, 6) is 2.07. The Morgan fingerprint density at radius 1 is 0.741 bits per heavy atom. The van der Waals surface area contributed by atoms with E-state index in [0.29, 0.717) is 0 Å². The Labute approximate surface area is 160 Å². The van der Waals surface area contributed by atoms with Gasteiger partial charge in [-0.1, -0.05) is 18.9 Å². The summed E-state index contributed by atoms with van der Waals surface area (Å²) in [7, 11) is 0. The molecule has 1 amide bonds. The summed E-state index contributed by atoms with van der Waals surface area (Å²) in [6.45, 7) is 5.32. The molecule has 0 unspecified atom stereocenters. The van der Waals surface area contributed by atoms with E-state index in [1.54, 1.807) is 6.20 Å². The van der Waals surface area contributed by atoms with E-state index in [9.17, 15) is 4.79 Å². The lowest BCUT2D eigenvalue weighted by molar-refractivity contribution is 0.0761. The van der Waals surface area contributed by atoms with Gasteiger partial charge in [-0.05, 0) is 37.1 Å². The summed E-state index contributed by atoms with van der Waals surface area (Å²) in [5.41, 5.74) is 0.758. The van der Waals surface area contributed by atoms with Crippen LogP contribution in [0.25, 0.3) is 0 Å². The molecule has 4 rings (SSSR count). The number of amides is 1. The number of rotatable bonds is 3. The molecule has 2 aliphatic heterocycles. The molecule has 0 N–H and O–H groups in total. The van der Waals surface area contributed by atoms with Gasteiger partial charge in [-0.2, -0.15) is 0 Å². The van der Waals surface area contributed by atoms with Crippen molar-refractivity contribution in [3.8, 4) is 0 Å². The second-order valence-electron chi connectivity index (χ2n) is 7.27. The van der Waals surface area contributed by atoms with Crippen LogP contribution in [0, 0.1) is 0 Å². The highest BCUT2D eigenvalue weighted by atomic mass is 16.2. The molecule has 2 aromatic heterocycles. The molecule has 0 spiro atoms. The van der Waals surface area contributed by atoms with Crippen molar-refractivity contribution in [1.29, 1.82) is 0 Å². The van der Waals surface area contributed by atoms with Crippen LogP contribution in [0.2, 0.25) is 0 Å². The molecule has 2 aliphatic rings. The molecule has 142 valence electrons. The van der Waals surface area contributed by atoms with E-state index in [0.717, 1.165) is 69.3 Å². The molecule has 2 saturated heterocycles. The molecule has 0 aliphatic carbocycles. The Morgan fingerprint density at radius 3 is 2.07 bits per heavy atom. The first kappa shape index (κ1) is 17.8. The third-order valence-corrected chi connectivity index (χ3v) is 5.46. The lowest BCUT2D eigenvalue weighted by Crippen LogP contribution is -2.47. The summed E-state index contributed by atoms with van der Waals surface area (Å²) in [6, 6.07) is 9.82. The maximum atomic E-state index is 12.9. The maximum Gasteiger partial charge on any atom is 0.254 e. The third kappa shape index (κ3) is 4.21. The average Bonchev–Trinajstić information content (AvgIpc) is 3.04. The van der Waals surface area contributed by atoms with Crippen molar-refractivity contribution in [2.75, 3.05) is 49.1 Å². The van der Waals surface area contributed by atoms with Crippen molar-refractivity contribution in [3.05, 3.63) is 48.3 Å². The molecule has 27 heavy (non-hydrogen) atoms. The maximum absolute atomic E-state index is 12.9. The summed E-state index contributed by atoms with van der Waals surface area (Å²) in [4.78, 5) is 28.4. The van der Waals surface area contributed by atoms with Crippen LogP contribution >= 0.6 is 0 Å². The first-order valence-corrected chi connectivity index (χ1v) is 9.97. The van der Waals surface area contributed by atoms with Gasteiger partial charge in [0.1, 0.15) is 11.6 Å². The average molecular weight is 365 g/mol. The van der Waals surface area contributed by atoms with Gasteiger partial charge in [0.2, 0.25) is 0 Å². The Hall–Kier alpha value is -2.63. The van der Waals surface area contributed by atoms with Gasteiger partial charge in [-0.3, -0.25) is 4.79 Å². The van der Waals surface area contributed by atoms with Crippen LogP contribution in [-0.2, 0) is 0 Å². The largest absolute Gasteiger partial charge is 0.353 e. The number of aromatic nitrogens is 2. The van der Waals surface area contributed by atoms with Crippen molar-refractivity contribution in [2.45, 2.75) is 25.7 Å². The second kappa shape index (κ2) is 8.37. The molecule has 0 bridgehead atoms. The van der Waals surface area contributed by atoms with E-state index in [-0.39, 0.29) is 5.91 Å². The summed E-state index contributed by atoms with van der Waals surface area (Å²) >= 11 is 0. The van der Waals surface area contributed by atoms with Crippen LogP contribution < -0.4 is 9.80 Å². The molecular weight excluding hydrogens is 338 g/mol. The number of likely N-dealkylation sites (tertiary alicyclic amines) is 1. The molecule has 4 heterocycles. The predicted molar refractivity (Wildman–Crippen MR) is 107 cm³/mol. The highest BCUT2D eigenvalue weighted by Gasteiger charge is 2.21. The van der Waals surface area contributed by atoms with Crippen molar-refractivity contribution in [2.24, 2.45) is 0 Å². The Kier molecular flexibility index (Phi) is 5.51. The summed E-state index contributed by atoms with van der Waals surface area (Å²) in [5, 5.41) is 0. The fraction of sp³-hybridized carbons (Fsp3) is 0.476. The number of anilines is 2. The zero-order valence-corrected chi connectivity index (χ0v) is 15.8. The van der Waals surface area contributed by atoms with Gasteiger partial charge in [0.25, 0.3) is 5.91 Å². The molecular formula is C21H27N5O. The smallest absolute Gasteiger partial charge is 0.254 e. The molecule has 0 aromatic carbocycles. The predicted octanol–water partition coefficient (Wildman–Crippen LogP) is 2.82. The van der Waals surface area contributed by atoms with Crippen LogP contribution in [0.1, 0.15) is 36.0 Å². The van der Waals surface area contributed by atoms with Crippen LogP contribution in [-0.4, -0.2) is 60.0 Å². The minimum Gasteiger partial charge on any atom is -0.353 e. The van der Waals surface area contributed by atoms with E-state index in [2.05, 4.69) is 19.8 Å². The molecule has 2 fully saturated rings. The van der Waals surface area contributed by atoms with Crippen LogP contribution in [0.4, 0.5) is 11.6 Å². The Morgan fingerprint density at radius 2 is 1.41 bits per heavy atom. The molecule has 0 atom stereocenters. The van der Waals surface area contributed by atoms with E-state index >= 15 is 0 Å². The van der Waals surface area contributed by atoms with Gasteiger partial charge in [-0.25, -0.2) is 9.97 Å². The zero-order valence-electron chi connectivity index (χ0n) is 15.8. The van der Waals surface area contributed by atoms with E-state index in [1.165, 1.54) is 12.8 Å². The van der Waals surface area contributed by atoms with Gasteiger partial charge in [0.05, 0.1) is 0 Å². The normalized spacial score (nSPS) is 18.3. The van der Waals surface area contributed by atoms with Gasteiger partial charge < -0.3 is 14.7 Å². The standard InChI is InChI=1S/C21H27N5O/c27-21(26-11-5-1-2-6-12-26)18-8-10-23-20(17-18)25-15-13-24(14-16-25)19-7-3-4-9-22-19/h3-4,7-10,17H,1-2,5-6,11-16H2. The molecule has 0 saturated carbocycles. The number of piperazine rings is 1. The first-order chi connectivity index (χ1) is 13.3. The minimum absolute atomic E-state index is 0.146. The lowest BCUT2D eigenvalue weighted by atomic mass is 10.2.